The van der Waals surface area contributed by atoms with E-state index < -0.39 is 10.0 Å². The van der Waals surface area contributed by atoms with Gasteiger partial charge < -0.3 is 9.47 Å². The van der Waals surface area contributed by atoms with Crippen LogP contribution in [0.1, 0.15) is 42.7 Å². The molecule has 30 heavy (non-hydrogen) atoms. The third kappa shape index (κ3) is 3.58. The molecule has 0 radical (unpaired) electrons. The first-order valence-electron chi connectivity index (χ1n) is 10.0. The molecule has 7 nitrogen and oxygen atoms in total. The predicted octanol–water partition coefficient (Wildman–Crippen LogP) is 2.83. The van der Waals surface area contributed by atoms with Gasteiger partial charge in [0.15, 0.2) is 0 Å². The van der Waals surface area contributed by atoms with E-state index >= 15 is 0 Å². The molecule has 2 aliphatic carbocycles. The fraction of sp³-hybridized carbons (Fsp3) is 0.455. The molecule has 0 bridgehead atoms. The van der Waals surface area contributed by atoms with Gasteiger partial charge >= 0.3 is 0 Å². The number of nitrogens with zero attached hydrogens (tertiary/aromatic N) is 1. The number of nitrogens with two attached hydrogens (primary N) is 1. The summed E-state index contributed by atoms with van der Waals surface area (Å²) in [4.78, 5) is 17.7. The number of sulfonamides is 1. The maximum absolute atomic E-state index is 13.3. The fourth-order valence-electron chi connectivity index (χ4n) is 5.22. The molecule has 2 saturated carbocycles. The molecule has 2 atom stereocenters. The van der Waals surface area contributed by atoms with Crippen molar-refractivity contribution >= 4 is 15.8 Å². The molecule has 1 spiro atoms. The molecule has 2 aromatic rings. The standard InChI is InChI=1S/C22H26N2O5S/c1-28-18-10-7-15(21(24-18)29-2)13-17(25)20-19(22(20)11-3-4-12-22)14-5-8-16(9-6-14)30(23,26)27/h5-10,19-20H,3-4,11-13H2,1-2H3,(H2,23,26,27). The Morgan fingerprint density at radius 2 is 1.77 bits per heavy atom. The normalized spacial score (nSPS) is 22.1. The highest BCUT2D eigenvalue weighted by Gasteiger charge is 2.67. The van der Waals surface area contributed by atoms with Crippen LogP contribution in [0.25, 0.3) is 0 Å². The van der Waals surface area contributed by atoms with Crippen molar-refractivity contribution in [3.05, 3.63) is 47.5 Å². The van der Waals surface area contributed by atoms with Crippen LogP contribution in [0.5, 0.6) is 11.8 Å². The summed E-state index contributed by atoms with van der Waals surface area (Å²) >= 11 is 0. The predicted molar refractivity (Wildman–Crippen MR) is 111 cm³/mol. The summed E-state index contributed by atoms with van der Waals surface area (Å²) < 4.78 is 33.6. The number of pyridine rings is 1. The molecule has 2 unspecified atom stereocenters. The van der Waals surface area contributed by atoms with Crippen LogP contribution in [0, 0.1) is 11.3 Å². The highest BCUT2D eigenvalue weighted by atomic mass is 32.2. The van der Waals surface area contributed by atoms with Crippen LogP contribution in [0.2, 0.25) is 0 Å². The van der Waals surface area contributed by atoms with E-state index in [9.17, 15) is 13.2 Å². The van der Waals surface area contributed by atoms with E-state index in [-0.39, 0.29) is 34.4 Å². The monoisotopic (exact) mass is 430 g/mol. The lowest BCUT2D eigenvalue weighted by molar-refractivity contribution is -0.120. The maximum atomic E-state index is 13.3. The van der Waals surface area contributed by atoms with Crippen LogP contribution >= 0.6 is 0 Å². The topological polar surface area (TPSA) is 109 Å². The van der Waals surface area contributed by atoms with Gasteiger partial charge in [-0.2, -0.15) is 4.98 Å². The molecule has 0 amide bonds. The Morgan fingerprint density at radius 1 is 1.10 bits per heavy atom. The fourth-order valence-corrected chi connectivity index (χ4v) is 5.73. The lowest BCUT2D eigenvalue weighted by Crippen LogP contribution is -2.12. The number of aromatic nitrogens is 1. The minimum absolute atomic E-state index is 0.0205. The Labute approximate surface area is 176 Å². The van der Waals surface area contributed by atoms with E-state index in [1.54, 1.807) is 18.2 Å². The van der Waals surface area contributed by atoms with Crippen LogP contribution in [-0.4, -0.2) is 33.4 Å². The smallest absolute Gasteiger partial charge is 0.238 e. The van der Waals surface area contributed by atoms with Crippen molar-refractivity contribution in [2.75, 3.05) is 14.2 Å². The van der Waals surface area contributed by atoms with Crippen LogP contribution < -0.4 is 14.6 Å². The number of ketones is 1. The van der Waals surface area contributed by atoms with Crippen molar-refractivity contribution in [1.29, 1.82) is 0 Å². The number of benzene rings is 1. The second kappa shape index (κ2) is 7.67. The van der Waals surface area contributed by atoms with Crippen molar-refractivity contribution in [3.63, 3.8) is 0 Å². The zero-order chi connectivity index (χ0) is 21.5. The van der Waals surface area contributed by atoms with Crippen molar-refractivity contribution in [3.8, 4) is 11.8 Å². The molecule has 4 rings (SSSR count). The summed E-state index contributed by atoms with van der Waals surface area (Å²) in [5.74, 6) is 1.04. The highest BCUT2D eigenvalue weighted by Crippen LogP contribution is 2.72. The molecule has 1 aromatic carbocycles. The van der Waals surface area contributed by atoms with E-state index in [1.807, 2.05) is 6.07 Å². The van der Waals surface area contributed by atoms with Crippen molar-refractivity contribution in [2.45, 2.75) is 42.9 Å². The number of methoxy groups -OCH3 is 2. The third-order valence-electron chi connectivity index (χ3n) is 6.59. The lowest BCUT2D eigenvalue weighted by atomic mass is 9.95. The maximum Gasteiger partial charge on any atom is 0.238 e. The van der Waals surface area contributed by atoms with Gasteiger partial charge in [0.25, 0.3) is 0 Å². The Bertz CT molecular complexity index is 1060. The number of Topliss-reactive ketones (excluding diaryl/α,β-unsaturated/α-hetero) is 1. The molecule has 0 aliphatic heterocycles. The lowest BCUT2D eigenvalue weighted by Gasteiger charge is -2.10. The minimum atomic E-state index is -3.73. The van der Waals surface area contributed by atoms with E-state index in [0.29, 0.717) is 11.8 Å². The van der Waals surface area contributed by atoms with Gasteiger partial charge in [0.2, 0.25) is 21.8 Å². The summed E-state index contributed by atoms with van der Waals surface area (Å²) in [5.41, 5.74) is 1.72. The van der Waals surface area contributed by atoms with Gasteiger partial charge in [0, 0.05) is 29.9 Å². The second-order valence-corrected chi connectivity index (χ2v) is 9.74. The number of carbonyl (C=O) groups is 1. The van der Waals surface area contributed by atoms with E-state index in [2.05, 4.69) is 4.98 Å². The molecule has 2 fully saturated rings. The number of ether oxygens (including phenoxy) is 2. The zero-order valence-electron chi connectivity index (χ0n) is 17.1. The van der Waals surface area contributed by atoms with Gasteiger partial charge in [-0.15, -0.1) is 0 Å². The molecule has 1 heterocycles. The van der Waals surface area contributed by atoms with Crippen molar-refractivity contribution in [1.82, 2.24) is 4.98 Å². The third-order valence-corrected chi connectivity index (χ3v) is 7.52. The Balaban J connectivity index is 1.59. The molecule has 0 saturated heterocycles. The molecular formula is C22H26N2O5S. The van der Waals surface area contributed by atoms with E-state index in [1.165, 1.54) is 26.4 Å². The Morgan fingerprint density at radius 3 is 2.33 bits per heavy atom. The molecule has 160 valence electrons. The number of rotatable bonds is 7. The van der Waals surface area contributed by atoms with Crippen molar-refractivity contribution < 1.29 is 22.7 Å². The molecule has 8 heteroatoms. The molecule has 2 aliphatic rings. The summed E-state index contributed by atoms with van der Waals surface area (Å²) in [6.07, 6.45) is 4.51. The summed E-state index contributed by atoms with van der Waals surface area (Å²) in [5, 5.41) is 5.22. The average molecular weight is 431 g/mol. The largest absolute Gasteiger partial charge is 0.481 e. The molecular weight excluding hydrogens is 404 g/mol. The average Bonchev–Trinajstić information content (AvgIpc) is 3.11. The Kier molecular flexibility index (Phi) is 5.32. The SMILES string of the molecule is COc1ccc(CC(=O)C2C(c3ccc(S(N)(=O)=O)cc3)C23CCCC3)c(OC)n1. The first-order chi connectivity index (χ1) is 14.3. The number of hydrogen-bond acceptors (Lipinski definition) is 6. The van der Waals surface area contributed by atoms with Gasteiger partial charge in [0.1, 0.15) is 5.78 Å². The number of carbonyl (C=O) groups excluding carboxylic acids is 1. The summed E-state index contributed by atoms with van der Waals surface area (Å²) in [6, 6.07) is 10.2. The van der Waals surface area contributed by atoms with Crippen LogP contribution in [0.4, 0.5) is 0 Å². The first kappa shape index (κ1) is 20.8. The van der Waals surface area contributed by atoms with Crippen molar-refractivity contribution in [2.24, 2.45) is 16.5 Å². The Hall–Kier alpha value is -2.45. The van der Waals surface area contributed by atoms with Gasteiger partial charge in [-0.1, -0.05) is 25.0 Å². The second-order valence-electron chi connectivity index (χ2n) is 8.17. The first-order valence-corrected chi connectivity index (χ1v) is 11.6. The number of hydrogen-bond donors (Lipinski definition) is 1. The summed E-state index contributed by atoms with van der Waals surface area (Å²) in [7, 11) is -0.671. The number of primary sulfonamides is 1. The zero-order valence-corrected chi connectivity index (χ0v) is 17.9. The van der Waals surface area contributed by atoms with Crippen LogP contribution in [0.15, 0.2) is 41.3 Å². The van der Waals surface area contributed by atoms with E-state index in [4.69, 9.17) is 14.6 Å². The summed E-state index contributed by atoms with van der Waals surface area (Å²) in [6.45, 7) is 0. The van der Waals surface area contributed by atoms with Gasteiger partial charge in [-0.25, -0.2) is 13.6 Å². The minimum Gasteiger partial charge on any atom is -0.481 e. The molecule has 2 N–H and O–H groups in total. The highest BCUT2D eigenvalue weighted by molar-refractivity contribution is 7.89. The van der Waals surface area contributed by atoms with E-state index in [0.717, 1.165) is 36.8 Å². The quantitative estimate of drug-likeness (QED) is 0.724. The molecule has 1 aromatic heterocycles. The van der Waals surface area contributed by atoms with Gasteiger partial charge in [0.05, 0.1) is 19.1 Å². The van der Waals surface area contributed by atoms with Gasteiger partial charge in [-0.3, -0.25) is 4.79 Å². The van der Waals surface area contributed by atoms with Crippen LogP contribution in [0.3, 0.4) is 0 Å². The van der Waals surface area contributed by atoms with Crippen LogP contribution in [-0.2, 0) is 21.2 Å². The van der Waals surface area contributed by atoms with Gasteiger partial charge in [-0.05, 0) is 42.0 Å².